The first-order valence-electron chi connectivity index (χ1n) is 4.54. The van der Waals surface area contributed by atoms with Crippen LogP contribution in [0.2, 0.25) is 0 Å². The van der Waals surface area contributed by atoms with Crippen LogP contribution in [0, 0.1) is 0 Å². The molecule has 9 heteroatoms. The van der Waals surface area contributed by atoms with E-state index in [1.807, 2.05) is 6.92 Å². The molecule has 1 aromatic heterocycles. The van der Waals surface area contributed by atoms with Crippen LogP contribution in [-0.2, 0) is 14.0 Å². The quantitative estimate of drug-likeness (QED) is 0.732. The molecule has 96 valence electrons. The molecular weight excluding hydrogens is 351 g/mol. The Labute approximate surface area is 129 Å². The van der Waals surface area contributed by atoms with Gasteiger partial charge in [-0.25, -0.2) is 15.0 Å². The molecule has 0 bridgehead atoms. The second-order valence-corrected chi connectivity index (χ2v) is 7.71. The lowest BCUT2D eigenvalue weighted by atomic mass is 10.3. The van der Waals surface area contributed by atoms with Crippen molar-refractivity contribution in [3.05, 3.63) is 17.5 Å². The van der Waals surface area contributed by atoms with Gasteiger partial charge in [0, 0.05) is 6.42 Å². The second-order valence-electron chi connectivity index (χ2n) is 3.14. The smallest absolute Gasteiger partial charge is 0.213 e. The Balaban J connectivity index is 3.29. The summed E-state index contributed by atoms with van der Waals surface area (Å²) < 4.78 is -3.56. The van der Waals surface area contributed by atoms with Gasteiger partial charge in [-0.15, -0.1) is 0 Å². The van der Waals surface area contributed by atoms with Gasteiger partial charge in [-0.05, 0) is 6.42 Å². The normalized spacial score (nSPS) is 12.9. The molecule has 0 saturated heterocycles. The van der Waals surface area contributed by atoms with E-state index in [0.717, 1.165) is 6.42 Å². The highest BCUT2D eigenvalue weighted by molar-refractivity contribution is 6.67. The van der Waals surface area contributed by atoms with E-state index in [0.29, 0.717) is 12.2 Å². The average molecular weight is 358 g/mol. The van der Waals surface area contributed by atoms with Gasteiger partial charge in [0.25, 0.3) is 0 Å². The molecule has 0 N–H and O–H groups in total. The standard InChI is InChI=1S/C8H7Cl6N3/c1-2-3-4-15-5(7(9,10)11)17-6(16-4)8(12,13)14/h2-3H2,1H3. The predicted octanol–water partition coefficient (Wildman–Crippen LogP) is 4.48. The Bertz CT molecular complexity index is 365. The Hall–Kier alpha value is 0.750. The van der Waals surface area contributed by atoms with Gasteiger partial charge in [0.05, 0.1) is 0 Å². The van der Waals surface area contributed by atoms with Gasteiger partial charge in [0.15, 0.2) is 11.6 Å². The summed E-state index contributed by atoms with van der Waals surface area (Å²) in [6.07, 6.45) is 1.38. The zero-order valence-electron chi connectivity index (χ0n) is 8.52. The number of nitrogens with zero attached hydrogens (tertiary/aromatic N) is 3. The molecule has 0 amide bonds. The predicted molar refractivity (Wildman–Crippen MR) is 72.3 cm³/mol. The van der Waals surface area contributed by atoms with Crippen LogP contribution in [0.15, 0.2) is 0 Å². The molecule has 0 saturated carbocycles. The van der Waals surface area contributed by atoms with Crippen molar-refractivity contribution in [2.75, 3.05) is 0 Å². The molecule has 0 radical (unpaired) electrons. The fraction of sp³-hybridized carbons (Fsp3) is 0.625. The lowest BCUT2D eigenvalue weighted by Gasteiger charge is -2.15. The Morgan fingerprint density at radius 1 is 0.824 bits per heavy atom. The van der Waals surface area contributed by atoms with Crippen molar-refractivity contribution in [1.29, 1.82) is 0 Å². The molecule has 1 aromatic rings. The third kappa shape index (κ3) is 4.73. The number of rotatable bonds is 2. The number of aryl methyl sites for hydroxylation is 1. The highest BCUT2D eigenvalue weighted by Crippen LogP contribution is 2.39. The Morgan fingerprint density at radius 3 is 1.53 bits per heavy atom. The van der Waals surface area contributed by atoms with Gasteiger partial charge >= 0.3 is 0 Å². The largest absolute Gasteiger partial charge is 0.250 e. The van der Waals surface area contributed by atoms with E-state index in [1.54, 1.807) is 0 Å². The molecule has 17 heavy (non-hydrogen) atoms. The molecule has 1 rings (SSSR count). The molecule has 0 unspecified atom stereocenters. The SMILES string of the molecule is CCCc1nc(C(Cl)(Cl)Cl)nc(C(Cl)(Cl)Cl)n1. The molecule has 0 fully saturated rings. The summed E-state index contributed by atoms with van der Waals surface area (Å²) in [5.41, 5.74) is 0. The van der Waals surface area contributed by atoms with E-state index in [1.165, 1.54) is 0 Å². The van der Waals surface area contributed by atoms with Gasteiger partial charge in [-0.1, -0.05) is 76.5 Å². The molecule has 0 aliphatic carbocycles. The number of hydrogen-bond donors (Lipinski definition) is 0. The minimum atomic E-state index is -1.78. The lowest BCUT2D eigenvalue weighted by molar-refractivity contribution is 0.750. The summed E-state index contributed by atoms with van der Waals surface area (Å²) >= 11 is 34.2. The van der Waals surface area contributed by atoms with Crippen LogP contribution in [0.3, 0.4) is 0 Å². The Kier molecular flexibility index (Phi) is 5.40. The van der Waals surface area contributed by atoms with Crippen molar-refractivity contribution in [1.82, 2.24) is 15.0 Å². The van der Waals surface area contributed by atoms with Gasteiger partial charge in [0.1, 0.15) is 5.82 Å². The number of halogens is 6. The summed E-state index contributed by atoms with van der Waals surface area (Å²) in [5, 5.41) is 0. The first kappa shape index (κ1) is 15.8. The Morgan fingerprint density at radius 2 is 1.24 bits per heavy atom. The van der Waals surface area contributed by atoms with Crippen LogP contribution in [-0.4, -0.2) is 15.0 Å². The summed E-state index contributed by atoms with van der Waals surface area (Å²) in [7, 11) is 0. The van der Waals surface area contributed by atoms with Crippen molar-refractivity contribution < 1.29 is 0 Å². The van der Waals surface area contributed by atoms with Crippen molar-refractivity contribution >= 4 is 69.6 Å². The topological polar surface area (TPSA) is 38.7 Å². The third-order valence-corrected chi connectivity index (χ3v) is 2.68. The van der Waals surface area contributed by atoms with Crippen LogP contribution in [0.25, 0.3) is 0 Å². The van der Waals surface area contributed by atoms with Gasteiger partial charge < -0.3 is 0 Å². The van der Waals surface area contributed by atoms with Gasteiger partial charge in [0.2, 0.25) is 7.59 Å². The summed E-state index contributed by atoms with van der Waals surface area (Å²) in [4.78, 5) is 11.9. The van der Waals surface area contributed by atoms with Crippen molar-refractivity contribution in [3.63, 3.8) is 0 Å². The summed E-state index contributed by atoms with van der Waals surface area (Å²) in [6, 6.07) is 0. The van der Waals surface area contributed by atoms with E-state index in [4.69, 9.17) is 69.6 Å². The fourth-order valence-corrected chi connectivity index (χ4v) is 1.52. The first-order valence-corrected chi connectivity index (χ1v) is 6.80. The zero-order valence-corrected chi connectivity index (χ0v) is 13.1. The molecular formula is C8H7Cl6N3. The average Bonchev–Trinajstić information content (AvgIpc) is 2.15. The van der Waals surface area contributed by atoms with Crippen molar-refractivity contribution in [3.8, 4) is 0 Å². The van der Waals surface area contributed by atoms with Crippen LogP contribution < -0.4 is 0 Å². The second kappa shape index (κ2) is 5.81. The number of alkyl halides is 6. The molecule has 0 spiro atoms. The van der Waals surface area contributed by atoms with E-state index < -0.39 is 7.59 Å². The minimum absolute atomic E-state index is 0.0534. The van der Waals surface area contributed by atoms with E-state index in [9.17, 15) is 0 Å². The van der Waals surface area contributed by atoms with Crippen LogP contribution >= 0.6 is 69.6 Å². The lowest BCUT2D eigenvalue weighted by Crippen LogP contribution is -2.18. The molecule has 0 aliphatic rings. The molecule has 0 aliphatic heterocycles. The fourth-order valence-electron chi connectivity index (χ4n) is 1.01. The maximum Gasteiger partial charge on any atom is 0.250 e. The summed E-state index contributed by atoms with van der Waals surface area (Å²) in [6.45, 7) is 1.95. The van der Waals surface area contributed by atoms with Crippen LogP contribution in [0.4, 0.5) is 0 Å². The maximum absolute atomic E-state index is 5.70. The van der Waals surface area contributed by atoms with Crippen molar-refractivity contribution in [2.24, 2.45) is 0 Å². The molecule has 1 heterocycles. The monoisotopic (exact) mass is 355 g/mol. The highest BCUT2D eigenvalue weighted by Gasteiger charge is 2.33. The van der Waals surface area contributed by atoms with E-state index in [2.05, 4.69) is 15.0 Å². The van der Waals surface area contributed by atoms with E-state index in [-0.39, 0.29) is 11.6 Å². The maximum atomic E-state index is 5.70. The van der Waals surface area contributed by atoms with Gasteiger partial charge in [-0.3, -0.25) is 0 Å². The third-order valence-electron chi connectivity index (χ3n) is 1.66. The number of hydrogen-bond acceptors (Lipinski definition) is 3. The molecule has 0 atom stereocenters. The van der Waals surface area contributed by atoms with Crippen LogP contribution in [0.5, 0.6) is 0 Å². The zero-order chi connectivity index (χ0) is 13.3. The van der Waals surface area contributed by atoms with Gasteiger partial charge in [-0.2, -0.15) is 0 Å². The van der Waals surface area contributed by atoms with E-state index >= 15 is 0 Å². The highest BCUT2D eigenvalue weighted by atomic mass is 35.6. The molecule has 0 aromatic carbocycles. The minimum Gasteiger partial charge on any atom is -0.213 e. The summed E-state index contributed by atoms with van der Waals surface area (Å²) in [5.74, 6) is 0.315. The first-order chi connectivity index (χ1) is 7.64. The van der Waals surface area contributed by atoms with Crippen molar-refractivity contribution in [2.45, 2.75) is 27.4 Å². The number of aromatic nitrogens is 3. The molecule has 3 nitrogen and oxygen atoms in total. The van der Waals surface area contributed by atoms with Crippen LogP contribution in [0.1, 0.15) is 30.8 Å².